The van der Waals surface area contributed by atoms with Crippen molar-refractivity contribution in [2.45, 2.75) is 395 Å². The normalized spacial score (nSPS) is 14.4. The van der Waals surface area contributed by atoms with E-state index in [0.29, 0.717) is 37.5 Å². The van der Waals surface area contributed by atoms with Gasteiger partial charge in [-0.1, -0.05) is 325 Å². The number of hydrogen-bond donors (Lipinski definition) is 3. The first kappa shape index (κ1) is 92.1. The number of aliphatic hydroxyl groups excluding tert-OH is 1. The van der Waals surface area contributed by atoms with Crippen molar-refractivity contribution < 1.29 is 80.2 Å². The Bertz CT molecular complexity index is 1850. The number of phosphoric acid groups is 2. The van der Waals surface area contributed by atoms with Gasteiger partial charge in [-0.2, -0.15) is 0 Å². The Morgan fingerprint density at radius 3 is 0.755 bits per heavy atom. The Kier molecular flexibility index (Phi) is 63.1. The van der Waals surface area contributed by atoms with Crippen LogP contribution in [0.1, 0.15) is 376 Å². The summed E-state index contributed by atoms with van der Waals surface area (Å²) in [5.74, 6) is 0.877. The highest BCUT2D eigenvalue weighted by atomic mass is 31.2. The molecule has 0 saturated carbocycles. The third kappa shape index (κ3) is 67.3. The molecule has 94 heavy (non-hydrogen) atoms. The molecule has 0 spiro atoms. The summed E-state index contributed by atoms with van der Waals surface area (Å²) < 4.78 is 68.4. The number of phosphoric ester groups is 2. The fourth-order valence-corrected chi connectivity index (χ4v) is 12.9. The maximum atomic E-state index is 13.1. The molecule has 0 bridgehead atoms. The summed E-state index contributed by atoms with van der Waals surface area (Å²) in [5, 5.41) is 10.6. The molecule has 0 aliphatic heterocycles. The fraction of sp³-hybridized carbons (Fsp3) is 0.947. The highest BCUT2D eigenvalue weighted by Gasteiger charge is 2.30. The molecule has 0 aromatic rings. The van der Waals surface area contributed by atoms with Gasteiger partial charge >= 0.3 is 39.5 Å². The highest BCUT2D eigenvalue weighted by molar-refractivity contribution is 7.47. The van der Waals surface area contributed by atoms with Gasteiger partial charge in [0.05, 0.1) is 26.4 Å². The summed E-state index contributed by atoms with van der Waals surface area (Å²) in [6.45, 7) is 14.1. The van der Waals surface area contributed by atoms with Gasteiger partial charge in [0.1, 0.15) is 19.3 Å². The summed E-state index contributed by atoms with van der Waals surface area (Å²) in [6.07, 6.45) is 49.0. The maximum absolute atomic E-state index is 13.1. The van der Waals surface area contributed by atoms with E-state index in [1.165, 1.54) is 173 Å². The summed E-state index contributed by atoms with van der Waals surface area (Å²) in [5.41, 5.74) is 0. The molecule has 19 heteroatoms. The molecule has 0 radical (unpaired) electrons. The molecule has 17 nitrogen and oxygen atoms in total. The van der Waals surface area contributed by atoms with Crippen LogP contribution in [0.2, 0.25) is 0 Å². The molecule has 0 aliphatic rings. The van der Waals surface area contributed by atoms with Crippen LogP contribution in [-0.4, -0.2) is 96.7 Å². The Hall–Kier alpha value is -1.94. The Morgan fingerprint density at radius 2 is 0.511 bits per heavy atom. The molecule has 0 aromatic heterocycles. The first-order valence-electron chi connectivity index (χ1n) is 38.7. The molecule has 558 valence electrons. The molecule has 0 aliphatic carbocycles. The van der Waals surface area contributed by atoms with Gasteiger partial charge in [0.15, 0.2) is 12.2 Å². The van der Waals surface area contributed by atoms with Gasteiger partial charge < -0.3 is 33.8 Å². The second kappa shape index (κ2) is 64.4. The Labute approximate surface area is 575 Å². The van der Waals surface area contributed by atoms with E-state index in [2.05, 4.69) is 55.4 Å². The molecule has 0 fully saturated rings. The minimum Gasteiger partial charge on any atom is -0.462 e. The van der Waals surface area contributed by atoms with Crippen molar-refractivity contribution >= 4 is 39.5 Å². The number of carbonyl (C=O) groups is 4. The summed E-state index contributed by atoms with van der Waals surface area (Å²) >= 11 is 0. The molecule has 0 rings (SSSR count). The molecule has 0 heterocycles. The molecule has 3 N–H and O–H groups in total. The minimum atomic E-state index is -4.96. The van der Waals surface area contributed by atoms with Crippen LogP contribution in [0.15, 0.2) is 0 Å². The van der Waals surface area contributed by atoms with Gasteiger partial charge in [-0.05, 0) is 49.4 Å². The van der Waals surface area contributed by atoms with Gasteiger partial charge in [0.2, 0.25) is 0 Å². The van der Waals surface area contributed by atoms with Crippen LogP contribution < -0.4 is 0 Å². The van der Waals surface area contributed by atoms with Gasteiger partial charge in [-0.15, -0.1) is 0 Å². The topological polar surface area (TPSA) is 237 Å². The second-order valence-electron chi connectivity index (χ2n) is 28.7. The van der Waals surface area contributed by atoms with Crippen molar-refractivity contribution in [3.8, 4) is 0 Å². The van der Waals surface area contributed by atoms with Crippen LogP contribution in [-0.2, 0) is 65.4 Å². The molecule has 6 atom stereocenters. The predicted molar refractivity (Wildman–Crippen MR) is 381 cm³/mol. The number of carbonyl (C=O) groups excluding carboxylic acids is 4. The SMILES string of the molecule is CCC(C)CCCCCCCCCCCCCCCCCCCCC(=O)O[C@H](COC(=O)CCCCCCCCCCCCC(C)C)COP(=O)(O)OC[C@@H](O)COP(=O)(O)OC[C@@H](COC(=O)CCCCCCCCC(C)C)OC(=O)CCCCCCCCCC(C)C. The lowest BCUT2D eigenvalue weighted by atomic mass is 9.99. The van der Waals surface area contributed by atoms with E-state index in [-0.39, 0.29) is 25.7 Å². The molecule has 0 saturated heterocycles. The van der Waals surface area contributed by atoms with Crippen molar-refractivity contribution in [2.75, 3.05) is 39.6 Å². The van der Waals surface area contributed by atoms with Crippen molar-refractivity contribution in [3.05, 3.63) is 0 Å². The Morgan fingerprint density at radius 1 is 0.298 bits per heavy atom. The van der Waals surface area contributed by atoms with E-state index in [9.17, 15) is 43.2 Å². The number of hydrogen-bond acceptors (Lipinski definition) is 15. The first-order valence-corrected chi connectivity index (χ1v) is 41.7. The van der Waals surface area contributed by atoms with E-state index in [0.717, 1.165) is 108 Å². The van der Waals surface area contributed by atoms with Crippen molar-refractivity contribution in [2.24, 2.45) is 23.7 Å². The second-order valence-corrected chi connectivity index (χ2v) is 31.6. The molecule has 0 aromatic carbocycles. The maximum Gasteiger partial charge on any atom is 0.472 e. The highest BCUT2D eigenvalue weighted by Crippen LogP contribution is 2.45. The minimum absolute atomic E-state index is 0.102. The zero-order valence-corrected chi connectivity index (χ0v) is 63.4. The molecular weight excluding hydrogens is 1230 g/mol. The Balaban J connectivity index is 5.17. The average molecular weight is 1380 g/mol. The molecule has 0 amide bonds. The zero-order chi connectivity index (χ0) is 69.6. The van der Waals surface area contributed by atoms with Crippen LogP contribution in [0.3, 0.4) is 0 Å². The standard InChI is InChI=1S/C75H146O17P2/c1-9-68(8)54-46-38-29-23-18-16-14-12-10-11-13-15-17-19-25-31-41-49-57-74(79)91-70(61-85-72(77)55-47-39-30-24-21-20-22-27-35-43-51-65(2)3)63-89-93(81,82)87-59-69(76)60-88-94(83,84)90-64-71(62-86-73(78)56-48-40-34-33-37-45-53-67(6)7)92-75(80)58-50-42-32-26-28-36-44-52-66(4)5/h65-71,76H,9-64H2,1-8H3,(H,81,82)(H,83,84)/t68?,69-,70-,71-/m1/s1. The van der Waals surface area contributed by atoms with E-state index >= 15 is 0 Å². The third-order valence-electron chi connectivity index (χ3n) is 17.7. The van der Waals surface area contributed by atoms with Crippen molar-refractivity contribution in [3.63, 3.8) is 0 Å². The van der Waals surface area contributed by atoms with E-state index in [1.807, 2.05) is 0 Å². The smallest absolute Gasteiger partial charge is 0.462 e. The van der Waals surface area contributed by atoms with Gasteiger partial charge in [0.25, 0.3) is 0 Å². The largest absolute Gasteiger partial charge is 0.472 e. The number of rotatable bonds is 72. The summed E-state index contributed by atoms with van der Waals surface area (Å²) in [6, 6.07) is 0. The van der Waals surface area contributed by atoms with Gasteiger partial charge in [0, 0.05) is 25.7 Å². The average Bonchev–Trinajstić information content (AvgIpc) is 1.82. The summed E-state index contributed by atoms with van der Waals surface area (Å²) in [4.78, 5) is 72.6. The van der Waals surface area contributed by atoms with Crippen LogP contribution in [0.4, 0.5) is 0 Å². The van der Waals surface area contributed by atoms with Crippen LogP contribution in [0.25, 0.3) is 0 Å². The monoisotopic (exact) mass is 1380 g/mol. The number of esters is 4. The predicted octanol–water partition coefficient (Wildman–Crippen LogP) is 21.7. The lowest BCUT2D eigenvalue weighted by Gasteiger charge is -2.21. The van der Waals surface area contributed by atoms with Gasteiger partial charge in [-0.25, -0.2) is 9.13 Å². The van der Waals surface area contributed by atoms with Crippen LogP contribution >= 0.6 is 15.6 Å². The lowest BCUT2D eigenvalue weighted by Crippen LogP contribution is -2.30. The van der Waals surface area contributed by atoms with Crippen LogP contribution in [0.5, 0.6) is 0 Å². The van der Waals surface area contributed by atoms with Crippen molar-refractivity contribution in [1.29, 1.82) is 0 Å². The molecule has 3 unspecified atom stereocenters. The third-order valence-corrected chi connectivity index (χ3v) is 19.6. The summed E-state index contributed by atoms with van der Waals surface area (Å²) in [7, 11) is -9.91. The first-order chi connectivity index (χ1) is 45.1. The fourth-order valence-electron chi connectivity index (χ4n) is 11.3. The van der Waals surface area contributed by atoms with E-state index in [1.54, 1.807) is 0 Å². The van der Waals surface area contributed by atoms with Crippen LogP contribution in [0, 0.1) is 23.7 Å². The zero-order valence-electron chi connectivity index (χ0n) is 61.6. The molecular formula is C75H146O17P2. The number of aliphatic hydroxyl groups is 1. The quantitative estimate of drug-likeness (QED) is 0.0222. The van der Waals surface area contributed by atoms with E-state index in [4.69, 9.17) is 37.0 Å². The van der Waals surface area contributed by atoms with E-state index < -0.39 is 97.5 Å². The van der Waals surface area contributed by atoms with Crippen molar-refractivity contribution in [1.82, 2.24) is 0 Å². The van der Waals surface area contributed by atoms with Gasteiger partial charge in [-0.3, -0.25) is 37.3 Å². The number of ether oxygens (including phenoxy) is 4. The lowest BCUT2D eigenvalue weighted by molar-refractivity contribution is -0.161. The number of unbranched alkanes of at least 4 members (excludes halogenated alkanes) is 37.